The molecule has 0 aromatic carbocycles. The summed E-state index contributed by atoms with van der Waals surface area (Å²) in [6.45, 7) is 2.45. The van der Waals surface area contributed by atoms with E-state index >= 15 is 0 Å². The molecule has 0 amide bonds. The van der Waals surface area contributed by atoms with Gasteiger partial charge in [0.05, 0.1) is 12.5 Å². The molecule has 6 nitrogen and oxygen atoms in total. The number of anilines is 1. The summed E-state index contributed by atoms with van der Waals surface area (Å²) in [7, 11) is 0. The maximum atomic E-state index is 11.0. The van der Waals surface area contributed by atoms with Crippen molar-refractivity contribution in [2.75, 3.05) is 11.9 Å². The van der Waals surface area contributed by atoms with Crippen molar-refractivity contribution in [2.24, 2.45) is 5.92 Å². The number of carbonyl (C=O) groups is 1. The largest absolute Gasteiger partial charge is 0.481 e. The number of nitrogens with one attached hydrogen (secondary N) is 1. The Bertz CT molecular complexity index is 439. The minimum Gasteiger partial charge on any atom is -0.481 e. The quantitative estimate of drug-likeness (QED) is 0.846. The van der Waals surface area contributed by atoms with Gasteiger partial charge in [0.1, 0.15) is 12.1 Å². The standard InChI is InChI=1S/C13H19N3O3/c1-2-19-12-7-11(14-8-15-12)16-10-5-3-4-9(6-10)13(17)18/h7-10H,2-6H2,1H3,(H,17,18)(H,14,15,16). The highest BCUT2D eigenvalue weighted by Crippen LogP contribution is 2.26. The normalized spacial score (nSPS) is 22.8. The van der Waals surface area contributed by atoms with Crippen LogP contribution in [0, 0.1) is 5.92 Å². The molecule has 19 heavy (non-hydrogen) atoms. The summed E-state index contributed by atoms with van der Waals surface area (Å²) in [6.07, 6.45) is 4.76. The lowest BCUT2D eigenvalue weighted by molar-refractivity contribution is -0.142. The predicted octanol–water partition coefficient (Wildman–Crippen LogP) is 1.93. The Kier molecular flexibility index (Phi) is 4.54. The van der Waals surface area contributed by atoms with Crippen LogP contribution >= 0.6 is 0 Å². The van der Waals surface area contributed by atoms with Crippen molar-refractivity contribution >= 4 is 11.8 Å². The van der Waals surface area contributed by atoms with Crippen LogP contribution in [0.2, 0.25) is 0 Å². The fourth-order valence-electron chi connectivity index (χ4n) is 2.40. The molecule has 1 heterocycles. The molecule has 1 aliphatic rings. The van der Waals surface area contributed by atoms with Crippen LogP contribution in [0.15, 0.2) is 12.4 Å². The van der Waals surface area contributed by atoms with Gasteiger partial charge in [0.2, 0.25) is 5.88 Å². The number of rotatable bonds is 5. The Balaban J connectivity index is 1.96. The van der Waals surface area contributed by atoms with Gasteiger partial charge in [0, 0.05) is 12.1 Å². The van der Waals surface area contributed by atoms with Crippen molar-refractivity contribution in [3.63, 3.8) is 0 Å². The second-order valence-electron chi connectivity index (χ2n) is 4.72. The van der Waals surface area contributed by atoms with Crippen molar-refractivity contribution in [3.8, 4) is 5.88 Å². The number of carboxylic acid groups (broad SMARTS) is 1. The van der Waals surface area contributed by atoms with Crippen molar-refractivity contribution in [2.45, 2.75) is 38.6 Å². The van der Waals surface area contributed by atoms with E-state index in [9.17, 15) is 4.79 Å². The van der Waals surface area contributed by atoms with Gasteiger partial charge in [-0.3, -0.25) is 4.79 Å². The molecule has 1 fully saturated rings. The maximum absolute atomic E-state index is 11.0. The van der Waals surface area contributed by atoms with Crippen molar-refractivity contribution < 1.29 is 14.6 Å². The molecule has 2 rings (SSSR count). The van der Waals surface area contributed by atoms with E-state index in [0.29, 0.717) is 24.7 Å². The van der Waals surface area contributed by atoms with E-state index in [-0.39, 0.29) is 12.0 Å². The average molecular weight is 265 g/mol. The third-order valence-corrected chi connectivity index (χ3v) is 3.31. The fourth-order valence-corrected chi connectivity index (χ4v) is 2.40. The highest BCUT2D eigenvalue weighted by molar-refractivity contribution is 5.70. The van der Waals surface area contributed by atoms with Gasteiger partial charge in [0.25, 0.3) is 0 Å². The number of carboxylic acids is 1. The van der Waals surface area contributed by atoms with Crippen LogP contribution < -0.4 is 10.1 Å². The monoisotopic (exact) mass is 265 g/mol. The molecule has 6 heteroatoms. The highest BCUT2D eigenvalue weighted by Gasteiger charge is 2.27. The first-order valence-electron chi connectivity index (χ1n) is 6.63. The molecule has 0 bridgehead atoms. The number of hydrogen-bond acceptors (Lipinski definition) is 5. The summed E-state index contributed by atoms with van der Waals surface area (Å²) in [6, 6.07) is 1.90. The summed E-state index contributed by atoms with van der Waals surface area (Å²) in [5, 5.41) is 12.3. The molecule has 0 spiro atoms. The first kappa shape index (κ1) is 13.6. The van der Waals surface area contributed by atoms with E-state index in [1.807, 2.05) is 6.92 Å². The lowest BCUT2D eigenvalue weighted by Gasteiger charge is -2.27. The SMILES string of the molecule is CCOc1cc(NC2CCCC(C(=O)O)C2)ncn1. The van der Waals surface area contributed by atoms with E-state index < -0.39 is 5.97 Å². The van der Waals surface area contributed by atoms with Gasteiger partial charge in [-0.05, 0) is 26.2 Å². The lowest BCUT2D eigenvalue weighted by atomic mass is 9.86. The molecular formula is C13H19N3O3. The van der Waals surface area contributed by atoms with E-state index in [1.165, 1.54) is 6.33 Å². The molecule has 2 atom stereocenters. The van der Waals surface area contributed by atoms with Crippen LogP contribution in [0.25, 0.3) is 0 Å². The first-order valence-corrected chi connectivity index (χ1v) is 6.63. The fraction of sp³-hybridized carbons (Fsp3) is 0.615. The topological polar surface area (TPSA) is 84.3 Å². The van der Waals surface area contributed by atoms with E-state index in [4.69, 9.17) is 9.84 Å². The second kappa shape index (κ2) is 6.36. The molecule has 2 N–H and O–H groups in total. The lowest BCUT2D eigenvalue weighted by Crippen LogP contribution is -2.31. The minimum atomic E-state index is -0.704. The van der Waals surface area contributed by atoms with Crippen molar-refractivity contribution in [3.05, 3.63) is 12.4 Å². The van der Waals surface area contributed by atoms with Crippen LogP contribution in [-0.2, 0) is 4.79 Å². The summed E-state index contributed by atoms with van der Waals surface area (Å²) in [4.78, 5) is 19.2. The summed E-state index contributed by atoms with van der Waals surface area (Å²) in [5.41, 5.74) is 0. The molecular weight excluding hydrogens is 246 g/mol. The number of aliphatic carboxylic acids is 1. The van der Waals surface area contributed by atoms with Gasteiger partial charge in [-0.15, -0.1) is 0 Å². The maximum Gasteiger partial charge on any atom is 0.306 e. The highest BCUT2D eigenvalue weighted by atomic mass is 16.5. The van der Waals surface area contributed by atoms with Crippen molar-refractivity contribution in [1.29, 1.82) is 0 Å². The molecule has 1 aromatic heterocycles. The molecule has 2 unspecified atom stereocenters. The molecule has 104 valence electrons. The molecule has 1 aliphatic carbocycles. The zero-order valence-corrected chi connectivity index (χ0v) is 11.0. The number of hydrogen-bond donors (Lipinski definition) is 2. The summed E-state index contributed by atoms with van der Waals surface area (Å²) >= 11 is 0. The Morgan fingerprint density at radius 3 is 3.11 bits per heavy atom. The van der Waals surface area contributed by atoms with Crippen LogP contribution in [0.4, 0.5) is 5.82 Å². The van der Waals surface area contributed by atoms with E-state index in [1.54, 1.807) is 6.07 Å². The number of ether oxygens (including phenoxy) is 1. The van der Waals surface area contributed by atoms with Crippen LogP contribution in [0.5, 0.6) is 5.88 Å². The molecule has 0 radical (unpaired) electrons. The van der Waals surface area contributed by atoms with Crippen LogP contribution in [0.3, 0.4) is 0 Å². The smallest absolute Gasteiger partial charge is 0.306 e. The predicted molar refractivity (Wildman–Crippen MR) is 70.2 cm³/mol. The number of nitrogens with zero attached hydrogens (tertiary/aromatic N) is 2. The van der Waals surface area contributed by atoms with E-state index in [0.717, 1.165) is 19.3 Å². The third kappa shape index (κ3) is 3.81. The molecule has 1 saturated carbocycles. The average Bonchev–Trinajstić information content (AvgIpc) is 2.40. The molecule has 0 saturated heterocycles. The number of aromatic nitrogens is 2. The van der Waals surface area contributed by atoms with Crippen molar-refractivity contribution in [1.82, 2.24) is 9.97 Å². The summed E-state index contributed by atoms with van der Waals surface area (Å²) in [5.74, 6) is 0.267. The Hall–Kier alpha value is -1.85. The molecule has 1 aromatic rings. The molecule has 0 aliphatic heterocycles. The van der Waals surface area contributed by atoms with Crippen LogP contribution in [0.1, 0.15) is 32.6 Å². The van der Waals surface area contributed by atoms with Gasteiger partial charge in [0.15, 0.2) is 0 Å². The van der Waals surface area contributed by atoms with Gasteiger partial charge in [-0.2, -0.15) is 0 Å². The van der Waals surface area contributed by atoms with Gasteiger partial charge in [-0.25, -0.2) is 9.97 Å². The third-order valence-electron chi connectivity index (χ3n) is 3.31. The van der Waals surface area contributed by atoms with Gasteiger partial charge in [-0.1, -0.05) is 6.42 Å². The van der Waals surface area contributed by atoms with E-state index in [2.05, 4.69) is 15.3 Å². The van der Waals surface area contributed by atoms with Gasteiger partial charge >= 0.3 is 5.97 Å². The minimum absolute atomic E-state index is 0.152. The zero-order valence-electron chi connectivity index (χ0n) is 11.0. The van der Waals surface area contributed by atoms with Crippen LogP contribution in [-0.4, -0.2) is 33.7 Å². The summed E-state index contributed by atoms with van der Waals surface area (Å²) < 4.78 is 5.31. The van der Waals surface area contributed by atoms with Gasteiger partial charge < -0.3 is 15.2 Å². The second-order valence-corrected chi connectivity index (χ2v) is 4.72. The zero-order chi connectivity index (χ0) is 13.7. The Morgan fingerprint density at radius 1 is 1.53 bits per heavy atom. The Labute approximate surface area is 112 Å². The first-order chi connectivity index (χ1) is 9.19. The Morgan fingerprint density at radius 2 is 2.37 bits per heavy atom.